The summed E-state index contributed by atoms with van der Waals surface area (Å²) in [5.74, 6) is 1.06. The molecule has 0 unspecified atom stereocenters. The van der Waals surface area contributed by atoms with E-state index in [0.29, 0.717) is 23.7 Å². The van der Waals surface area contributed by atoms with Crippen LogP contribution in [0.2, 0.25) is 0 Å². The summed E-state index contributed by atoms with van der Waals surface area (Å²) in [4.78, 5) is -0.239. The number of allylic oxidation sites excluding steroid dienone is 1. The maximum atomic E-state index is 12.7. The largest absolute Gasteiger partial charge is 0.493 e. The average Bonchev–Trinajstić information content (AvgIpc) is 2.64. The lowest BCUT2D eigenvalue weighted by Gasteiger charge is -2.11. The molecule has 2 aromatic rings. The van der Waals surface area contributed by atoms with Crippen molar-refractivity contribution in [2.75, 3.05) is 13.7 Å². The van der Waals surface area contributed by atoms with Gasteiger partial charge in [0.2, 0.25) is 9.84 Å². The standard InChI is InChI=1S/C20H21NO4S/c1-4-11-25-19-10-7-16(13-20(19)24-3)12-18(14-21)26(22,23)17-8-5-15(2)6-9-17/h5-10,12-13H,4,11H2,1-3H3/b18-12+. The van der Waals surface area contributed by atoms with E-state index in [1.165, 1.54) is 25.3 Å². The molecule has 2 aromatic carbocycles. The minimum atomic E-state index is -3.88. The Morgan fingerprint density at radius 3 is 2.42 bits per heavy atom. The second-order valence-corrected chi connectivity index (χ2v) is 7.61. The van der Waals surface area contributed by atoms with Gasteiger partial charge in [0.25, 0.3) is 0 Å². The number of rotatable bonds is 7. The molecule has 26 heavy (non-hydrogen) atoms. The van der Waals surface area contributed by atoms with Gasteiger partial charge in [-0.3, -0.25) is 0 Å². The van der Waals surface area contributed by atoms with Crippen molar-refractivity contribution in [2.45, 2.75) is 25.2 Å². The smallest absolute Gasteiger partial charge is 0.216 e. The number of nitrogens with zero attached hydrogens (tertiary/aromatic N) is 1. The molecule has 0 saturated carbocycles. The Hall–Kier alpha value is -2.78. The quantitative estimate of drug-likeness (QED) is 0.684. The van der Waals surface area contributed by atoms with Crippen LogP contribution in [-0.4, -0.2) is 22.1 Å². The van der Waals surface area contributed by atoms with E-state index < -0.39 is 9.84 Å². The Morgan fingerprint density at radius 2 is 1.85 bits per heavy atom. The minimum absolute atomic E-state index is 0.0887. The molecule has 0 spiro atoms. The van der Waals surface area contributed by atoms with Crippen molar-refractivity contribution >= 4 is 15.9 Å². The van der Waals surface area contributed by atoms with Crippen molar-refractivity contribution in [3.8, 4) is 17.6 Å². The summed E-state index contributed by atoms with van der Waals surface area (Å²) < 4.78 is 36.3. The first kappa shape index (κ1) is 19.5. The van der Waals surface area contributed by atoms with Gasteiger partial charge < -0.3 is 9.47 Å². The summed E-state index contributed by atoms with van der Waals surface area (Å²) in [5, 5.41) is 9.38. The van der Waals surface area contributed by atoms with E-state index in [-0.39, 0.29) is 9.80 Å². The van der Waals surface area contributed by atoms with Crippen LogP contribution < -0.4 is 9.47 Å². The molecule has 6 heteroatoms. The Balaban J connectivity index is 2.42. The van der Waals surface area contributed by atoms with Gasteiger partial charge in [-0.2, -0.15) is 5.26 Å². The highest BCUT2D eigenvalue weighted by molar-refractivity contribution is 7.95. The normalized spacial score (nSPS) is 11.7. The maximum absolute atomic E-state index is 12.7. The molecule has 136 valence electrons. The fourth-order valence-electron chi connectivity index (χ4n) is 2.27. The van der Waals surface area contributed by atoms with Gasteiger partial charge in [0.15, 0.2) is 11.5 Å². The number of aryl methyl sites for hydroxylation is 1. The van der Waals surface area contributed by atoms with Crippen molar-refractivity contribution in [2.24, 2.45) is 0 Å². The van der Waals surface area contributed by atoms with E-state index in [4.69, 9.17) is 9.47 Å². The van der Waals surface area contributed by atoms with Crippen LogP contribution in [0.5, 0.6) is 11.5 Å². The summed E-state index contributed by atoms with van der Waals surface area (Å²) in [6, 6.07) is 13.2. The molecule has 2 rings (SSSR count). The van der Waals surface area contributed by atoms with E-state index in [1.54, 1.807) is 36.4 Å². The Labute approximate surface area is 154 Å². The van der Waals surface area contributed by atoms with Crippen molar-refractivity contribution in [1.29, 1.82) is 5.26 Å². The van der Waals surface area contributed by atoms with Crippen LogP contribution in [0, 0.1) is 18.3 Å². The summed E-state index contributed by atoms with van der Waals surface area (Å²) in [7, 11) is -2.37. The van der Waals surface area contributed by atoms with Gasteiger partial charge in [0.05, 0.1) is 18.6 Å². The molecular formula is C20H21NO4S. The first-order valence-electron chi connectivity index (χ1n) is 8.16. The molecule has 0 heterocycles. The van der Waals surface area contributed by atoms with Crippen molar-refractivity contribution in [3.05, 3.63) is 58.5 Å². The number of ether oxygens (including phenoxy) is 2. The number of benzene rings is 2. The summed E-state index contributed by atoms with van der Waals surface area (Å²) in [6.07, 6.45) is 2.19. The second kappa shape index (κ2) is 8.54. The zero-order chi connectivity index (χ0) is 19.2. The van der Waals surface area contributed by atoms with Gasteiger partial charge in [-0.05, 0) is 49.2 Å². The number of hydrogen-bond acceptors (Lipinski definition) is 5. The minimum Gasteiger partial charge on any atom is -0.493 e. The predicted molar refractivity (Wildman–Crippen MR) is 101 cm³/mol. The molecule has 5 nitrogen and oxygen atoms in total. The highest BCUT2D eigenvalue weighted by atomic mass is 32.2. The fraction of sp³-hybridized carbons (Fsp3) is 0.250. The fourth-order valence-corrected chi connectivity index (χ4v) is 3.43. The molecule has 0 N–H and O–H groups in total. The molecule has 0 radical (unpaired) electrons. The van der Waals surface area contributed by atoms with E-state index in [0.717, 1.165) is 12.0 Å². The van der Waals surface area contributed by atoms with Crippen molar-refractivity contribution in [1.82, 2.24) is 0 Å². The molecule has 0 fully saturated rings. The van der Waals surface area contributed by atoms with E-state index in [2.05, 4.69) is 0 Å². The second-order valence-electron chi connectivity index (χ2n) is 5.70. The highest BCUT2D eigenvalue weighted by Gasteiger charge is 2.20. The first-order chi connectivity index (χ1) is 12.4. The third-order valence-electron chi connectivity index (χ3n) is 3.68. The van der Waals surface area contributed by atoms with Crippen LogP contribution in [0.3, 0.4) is 0 Å². The van der Waals surface area contributed by atoms with Crippen LogP contribution >= 0.6 is 0 Å². The van der Waals surface area contributed by atoms with E-state index >= 15 is 0 Å². The van der Waals surface area contributed by atoms with Crippen molar-refractivity contribution < 1.29 is 17.9 Å². The monoisotopic (exact) mass is 371 g/mol. The molecular weight excluding hydrogens is 350 g/mol. The van der Waals surface area contributed by atoms with Crippen LogP contribution in [0.25, 0.3) is 6.08 Å². The molecule has 0 atom stereocenters. The van der Waals surface area contributed by atoms with Gasteiger partial charge in [-0.25, -0.2) is 8.42 Å². The van der Waals surface area contributed by atoms with E-state index in [1.807, 2.05) is 13.8 Å². The summed E-state index contributed by atoms with van der Waals surface area (Å²) in [6.45, 7) is 4.42. The Morgan fingerprint density at radius 1 is 1.15 bits per heavy atom. The Bertz CT molecular complexity index is 939. The van der Waals surface area contributed by atoms with Crippen LogP contribution in [0.4, 0.5) is 0 Å². The molecule has 0 aliphatic heterocycles. The highest BCUT2D eigenvalue weighted by Crippen LogP contribution is 2.30. The van der Waals surface area contributed by atoms with Crippen LogP contribution in [-0.2, 0) is 9.84 Å². The van der Waals surface area contributed by atoms with Gasteiger partial charge in [0.1, 0.15) is 11.0 Å². The third kappa shape index (κ3) is 4.44. The van der Waals surface area contributed by atoms with E-state index in [9.17, 15) is 13.7 Å². The van der Waals surface area contributed by atoms with Crippen LogP contribution in [0.15, 0.2) is 52.3 Å². The SMILES string of the molecule is CCCOc1ccc(/C=C(\C#N)S(=O)(=O)c2ccc(C)cc2)cc1OC. The molecule has 0 aliphatic rings. The third-order valence-corrected chi connectivity index (χ3v) is 5.36. The number of hydrogen-bond donors (Lipinski definition) is 0. The first-order valence-corrected chi connectivity index (χ1v) is 9.65. The van der Waals surface area contributed by atoms with Crippen LogP contribution in [0.1, 0.15) is 24.5 Å². The maximum Gasteiger partial charge on any atom is 0.216 e. The van der Waals surface area contributed by atoms with Gasteiger partial charge in [0, 0.05) is 0 Å². The summed E-state index contributed by atoms with van der Waals surface area (Å²) >= 11 is 0. The number of sulfone groups is 1. The summed E-state index contributed by atoms with van der Waals surface area (Å²) in [5.41, 5.74) is 1.48. The van der Waals surface area contributed by atoms with Gasteiger partial charge in [-0.1, -0.05) is 30.7 Å². The topological polar surface area (TPSA) is 76.4 Å². The number of methoxy groups -OCH3 is 1. The van der Waals surface area contributed by atoms with Gasteiger partial charge in [-0.15, -0.1) is 0 Å². The molecule has 0 saturated heterocycles. The lowest BCUT2D eigenvalue weighted by Crippen LogP contribution is -2.03. The predicted octanol–water partition coefficient (Wildman–Crippen LogP) is 4.13. The Kier molecular flexibility index (Phi) is 6.42. The molecule has 0 aromatic heterocycles. The zero-order valence-corrected chi connectivity index (χ0v) is 15.8. The molecule has 0 amide bonds. The van der Waals surface area contributed by atoms with Crippen molar-refractivity contribution in [3.63, 3.8) is 0 Å². The van der Waals surface area contributed by atoms with Gasteiger partial charge >= 0.3 is 0 Å². The lowest BCUT2D eigenvalue weighted by molar-refractivity contribution is 0.294. The molecule has 0 aliphatic carbocycles. The zero-order valence-electron chi connectivity index (χ0n) is 15.0. The average molecular weight is 371 g/mol. The lowest BCUT2D eigenvalue weighted by atomic mass is 10.2. The number of nitriles is 1. The molecule has 0 bridgehead atoms.